The molecule has 6 aromatic heterocycles. The van der Waals surface area contributed by atoms with E-state index in [1.54, 1.807) is 0 Å². The fraction of sp³-hybridized carbons (Fsp3) is 0.0459. The Kier molecular flexibility index (Phi) is 19.1. The van der Waals surface area contributed by atoms with Gasteiger partial charge in [0.15, 0.2) is 0 Å². The van der Waals surface area contributed by atoms with Crippen LogP contribution in [0.1, 0.15) is 33.1 Å². The molecule has 0 fully saturated rings. The number of aromatic nitrogens is 2. The molecule has 24 rings (SSSR count). The van der Waals surface area contributed by atoms with E-state index >= 15 is 0 Å². The minimum atomic E-state index is 0.745. The highest BCUT2D eigenvalue weighted by Crippen LogP contribution is 2.48. The Bertz CT molecular complexity index is 7930. The summed E-state index contributed by atoms with van der Waals surface area (Å²) in [5.74, 6) is 0. The molecule has 6 heterocycles. The third-order valence-electron chi connectivity index (χ3n) is 22.9. The van der Waals surface area contributed by atoms with Gasteiger partial charge >= 0.3 is 0 Å². The molecular formula is C109H77ClN4S4. The summed E-state index contributed by atoms with van der Waals surface area (Å²) in [7, 11) is 0. The lowest BCUT2D eigenvalue weighted by atomic mass is 9.99. The zero-order valence-corrected chi connectivity index (χ0v) is 68.9. The molecule has 0 spiro atoms. The van der Waals surface area contributed by atoms with Crippen molar-refractivity contribution in [3.63, 3.8) is 0 Å². The summed E-state index contributed by atoms with van der Waals surface area (Å²) in [5.41, 5.74) is 17.5. The van der Waals surface area contributed by atoms with Gasteiger partial charge in [-0.1, -0.05) is 263 Å². The number of unbranched alkanes of at least 4 members (excludes halogenated alkanes) is 2. The molecule has 0 saturated heterocycles. The summed E-state index contributed by atoms with van der Waals surface area (Å²) in [6.07, 6.45) is 4.08. The number of rotatable bonds is 11. The normalized spacial score (nSPS) is 11.6. The van der Waals surface area contributed by atoms with Crippen LogP contribution in [0, 0.1) is 0 Å². The first-order chi connectivity index (χ1) is 58.3. The van der Waals surface area contributed by atoms with Crippen LogP contribution in [0.25, 0.3) is 179 Å². The third kappa shape index (κ3) is 13.3. The van der Waals surface area contributed by atoms with Gasteiger partial charge in [0, 0.05) is 147 Å². The topological polar surface area (TPSA) is 25.1 Å². The van der Waals surface area contributed by atoms with Crippen molar-refractivity contribution in [3.05, 3.63) is 393 Å². The van der Waals surface area contributed by atoms with Crippen LogP contribution in [0.2, 0.25) is 5.02 Å². The van der Waals surface area contributed by atoms with Gasteiger partial charge in [-0.15, -0.1) is 45.3 Å². The maximum absolute atomic E-state index is 6.45. The van der Waals surface area contributed by atoms with E-state index in [4.69, 9.17) is 11.6 Å². The number of nitrogens with one attached hydrogen (secondary N) is 1. The lowest BCUT2D eigenvalue weighted by molar-refractivity contribution is 0.772. The number of benzene rings is 18. The van der Waals surface area contributed by atoms with Crippen molar-refractivity contribution < 1.29 is 0 Å². The standard InChI is InChI=1S/C52H32N2S2.C34H20ClNS.C18H13NS.C5H12/c1-3-12-36(13-4-1)53(39-23-25-43-42-17-9-10-18-48(42)56-51(43)32-39)38-22-24-41-44-29-34(19-26-46(44)54(47(41)31-38)37-14-5-2-6-15-37)35-21-27-49-45(30-35)52-40-16-8-7-11-33(40)20-28-50(52)55-49;35-24-13-14-27-28-18-22(10-15-30(28)36(31(27)20-24)25-7-2-1-3-8-25)23-12-16-32-29(19-23)34-26-9-5-4-6-21(26)11-17-33(34)37-32;1-2-6-13(7-3-1)19-14-10-11-16-15-8-4-5-9-17(15)20-18(16)12-14;1-3-5-4-2/h1-32H;1-20H;1-12,19H;3-5H2,1-2H3. The Hall–Kier alpha value is -13.2. The van der Waals surface area contributed by atoms with Crippen LogP contribution in [0.3, 0.4) is 0 Å². The molecule has 18 aromatic carbocycles. The average molecular weight is 1610 g/mol. The molecule has 118 heavy (non-hydrogen) atoms. The fourth-order valence-electron chi connectivity index (χ4n) is 17.4. The van der Waals surface area contributed by atoms with Gasteiger partial charge in [0.05, 0.1) is 22.1 Å². The lowest BCUT2D eigenvalue weighted by Crippen LogP contribution is -2.09. The summed E-state index contributed by atoms with van der Waals surface area (Å²) >= 11 is 13.9. The van der Waals surface area contributed by atoms with Crippen molar-refractivity contribution in [1.29, 1.82) is 0 Å². The molecule has 564 valence electrons. The maximum Gasteiger partial charge on any atom is 0.0561 e. The number of halogens is 1. The number of hydrogen-bond donors (Lipinski definition) is 1. The summed E-state index contributed by atoms with van der Waals surface area (Å²) in [5, 5.41) is 25.0. The van der Waals surface area contributed by atoms with Crippen LogP contribution >= 0.6 is 56.9 Å². The van der Waals surface area contributed by atoms with Crippen LogP contribution in [0.5, 0.6) is 0 Å². The van der Waals surface area contributed by atoms with Gasteiger partial charge in [-0.25, -0.2) is 0 Å². The zero-order chi connectivity index (χ0) is 78.7. The van der Waals surface area contributed by atoms with Gasteiger partial charge in [-0.05, 0) is 214 Å². The maximum atomic E-state index is 6.45. The SMILES string of the molecule is CCCCC.Clc1ccc2c3cc(-c4ccc5sc6ccc7ccccc7c6c5c4)ccc3n(-c3ccccc3)c2c1.c1ccc(N(c2ccc3c(c2)sc2ccccc23)c2ccc3c4cc(-c5ccc6sc7ccc8ccccc8c7c6c5)ccc4n(-c4ccccc4)c3c2)cc1.c1ccc(Nc2ccc3c(c2)sc2ccccc23)cc1. The summed E-state index contributed by atoms with van der Waals surface area (Å²) < 4.78 is 15.3. The molecule has 9 heteroatoms. The van der Waals surface area contributed by atoms with Crippen molar-refractivity contribution in [2.24, 2.45) is 0 Å². The quantitative estimate of drug-likeness (QED) is 0.140. The highest BCUT2D eigenvalue weighted by Gasteiger charge is 2.22. The first kappa shape index (κ1) is 72.5. The van der Waals surface area contributed by atoms with Crippen LogP contribution in [-0.2, 0) is 0 Å². The van der Waals surface area contributed by atoms with Crippen LogP contribution < -0.4 is 10.2 Å². The number of anilines is 5. The third-order valence-corrected chi connectivity index (χ3v) is 27.7. The van der Waals surface area contributed by atoms with E-state index in [1.807, 2.05) is 69.6 Å². The minimum absolute atomic E-state index is 0.745. The van der Waals surface area contributed by atoms with E-state index in [0.717, 1.165) is 50.4 Å². The molecule has 0 atom stereocenters. The van der Waals surface area contributed by atoms with E-state index in [2.05, 4.69) is 397 Å². The molecule has 1 N–H and O–H groups in total. The highest BCUT2D eigenvalue weighted by molar-refractivity contribution is 7.27. The molecule has 4 nitrogen and oxygen atoms in total. The van der Waals surface area contributed by atoms with E-state index in [-0.39, 0.29) is 0 Å². The van der Waals surface area contributed by atoms with Crippen molar-refractivity contribution >= 4 is 231 Å². The van der Waals surface area contributed by atoms with Crippen molar-refractivity contribution in [3.8, 4) is 33.6 Å². The van der Waals surface area contributed by atoms with E-state index < -0.39 is 0 Å². The number of nitrogens with zero attached hydrogens (tertiary/aromatic N) is 3. The molecule has 0 aliphatic rings. The Labute approximate surface area is 704 Å². The predicted molar refractivity (Wildman–Crippen MR) is 520 cm³/mol. The van der Waals surface area contributed by atoms with E-state index in [1.165, 1.54) is 182 Å². The van der Waals surface area contributed by atoms with Gasteiger partial charge in [0.25, 0.3) is 0 Å². The Morgan fingerprint density at radius 2 is 0.644 bits per heavy atom. The number of thiophene rings is 4. The van der Waals surface area contributed by atoms with Crippen LogP contribution in [0.15, 0.2) is 388 Å². The van der Waals surface area contributed by atoms with Gasteiger partial charge in [0.2, 0.25) is 0 Å². The molecule has 0 aliphatic heterocycles. The lowest BCUT2D eigenvalue weighted by Gasteiger charge is -2.26. The van der Waals surface area contributed by atoms with Crippen LogP contribution in [-0.4, -0.2) is 9.13 Å². The molecule has 24 aromatic rings. The van der Waals surface area contributed by atoms with E-state index in [0.29, 0.717) is 0 Å². The highest BCUT2D eigenvalue weighted by atomic mass is 35.5. The number of fused-ring (bicyclic) bond motifs is 22. The van der Waals surface area contributed by atoms with Crippen molar-refractivity contribution in [2.45, 2.75) is 33.1 Å². The first-order valence-corrected chi connectivity index (χ1v) is 44.1. The zero-order valence-electron chi connectivity index (χ0n) is 64.9. The Morgan fingerprint density at radius 1 is 0.254 bits per heavy atom. The fourth-order valence-corrected chi connectivity index (χ4v) is 22.0. The smallest absolute Gasteiger partial charge is 0.0561 e. The molecule has 0 saturated carbocycles. The number of para-hydroxylation sites is 4. The largest absolute Gasteiger partial charge is 0.355 e. The summed E-state index contributed by atoms with van der Waals surface area (Å²) in [6, 6.07) is 140. The molecule has 0 aliphatic carbocycles. The van der Waals surface area contributed by atoms with Gasteiger partial charge in [0.1, 0.15) is 0 Å². The number of hydrogen-bond acceptors (Lipinski definition) is 6. The summed E-state index contributed by atoms with van der Waals surface area (Å²) in [4.78, 5) is 2.39. The average Bonchev–Trinajstić information content (AvgIpc) is 1.57. The second kappa shape index (κ2) is 31.1. The Balaban J connectivity index is 0.000000119. The summed E-state index contributed by atoms with van der Waals surface area (Å²) in [6.45, 7) is 4.42. The van der Waals surface area contributed by atoms with Gasteiger partial charge in [-0.2, -0.15) is 0 Å². The molecule has 0 radical (unpaired) electrons. The van der Waals surface area contributed by atoms with Crippen LogP contribution in [0.4, 0.5) is 28.4 Å². The second-order valence-corrected chi connectivity index (χ2v) is 35.0. The molecule has 0 bridgehead atoms. The van der Waals surface area contributed by atoms with Gasteiger partial charge in [-0.3, -0.25) is 0 Å². The molecule has 0 unspecified atom stereocenters. The molecule has 0 amide bonds. The second-order valence-electron chi connectivity index (χ2n) is 30.2. The molecular weight excluding hydrogens is 1530 g/mol. The first-order valence-electron chi connectivity index (χ1n) is 40.4. The predicted octanol–water partition coefficient (Wildman–Crippen LogP) is 34.4. The van der Waals surface area contributed by atoms with Crippen molar-refractivity contribution in [1.82, 2.24) is 9.13 Å². The monoisotopic (exact) mass is 1600 g/mol. The van der Waals surface area contributed by atoms with E-state index in [9.17, 15) is 0 Å². The minimum Gasteiger partial charge on any atom is -0.355 e. The Morgan fingerprint density at radius 3 is 1.17 bits per heavy atom. The van der Waals surface area contributed by atoms with Crippen molar-refractivity contribution in [2.75, 3.05) is 10.2 Å². The van der Waals surface area contributed by atoms with Gasteiger partial charge < -0.3 is 19.4 Å².